The summed E-state index contributed by atoms with van der Waals surface area (Å²) in [5.41, 5.74) is 2.72. The smallest absolute Gasteiger partial charge is 0.175 e. The van der Waals surface area contributed by atoms with Gasteiger partial charge < -0.3 is 9.84 Å². The van der Waals surface area contributed by atoms with Crippen molar-refractivity contribution in [2.75, 3.05) is 12.9 Å². The molecular weight excluding hydrogens is 300 g/mol. The highest BCUT2D eigenvalue weighted by atomic mass is 32.2. The van der Waals surface area contributed by atoms with E-state index in [1.54, 1.807) is 12.1 Å². The van der Waals surface area contributed by atoms with Gasteiger partial charge in [0, 0.05) is 6.26 Å². The van der Waals surface area contributed by atoms with Crippen molar-refractivity contribution in [2.45, 2.75) is 24.8 Å². The van der Waals surface area contributed by atoms with E-state index in [9.17, 15) is 13.5 Å². The lowest BCUT2D eigenvalue weighted by Gasteiger charge is -2.15. The molecule has 2 aromatic carbocycles. The first-order valence-corrected chi connectivity index (χ1v) is 8.84. The summed E-state index contributed by atoms with van der Waals surface area (Å²) in [6.45, 7) is 4.04. The molecule has 1 unspecified atom stereocenters. The monoisotopic (exact) mass is 320 g/mol. The Morgan fingerprint density at radius 3 is 2.32 bits per heavy atom. The van der Waals surface area contributed by atoms with Gasteiger partial charge in [0.25, 0.3) is 0 Å². The van der Waals surface area contributed by atoms with E-state index >= 15 is 0 Å². The number of aryl methyl sites for hydroxylation is 2. The van der Waals surface area contributed by atoms with E-state index < -0.39 is 15.9 Å². The highest BCUT2D eigenvalue weighted by Gasteiger charge is 2.12. The Kier molecular flexibility index (Phi) is 4.88. The van der Waals surface area contributed by atoms with Crippen LogP contribution in [0.15, 0.2) is 47.4 Å². The second kappa shape index (κ2) is 6.50. The number of hydrogen-bond donors (Lipinski definition) is 1. The molecule has 1 atom stereocenters. The van der Waals surface area contributed by atoms with E-state index in [0.29, 0.717) is 5.56 Å². The van der Waals surface area contributed by atoms with Crippen LogP contribution in [0.5, 0.6) is 5.75 Å². The summed E-state index contributed by atoms with van der Waals surface area (Å²) in [6.07, 6.45) is 0.343. The molecule has 2 aromatic rings. The van der Waals surface area contributed by atoms with E-state index in [0.717, 1.165) is 23.1 Å². The van der Waals surface area contributed by atoms with Crippen LogP contribution in [-0.2, 0) is 9.84 Å². The van der Waals surface area contributed by atoms with Crippen molar-refractivity contribution in [1.29, 1.82) is 0 Å². The van der Waals surface area contributed by atoms with Gasteiger partial charge in [-0.1, -0.05) is 24.3 Å². The number of aliphatic hydroxyl groups is 1. The fraction of sp³-hybridized carbons (Fsp3) is 0.294. The third-order valence-electron chi connectivity index (χ3n) is 3.43. The number of sulfone groups is 1. The molecule has 0 aliphatic carbocycles. The second-order valence-corrected chi connectivity index (χ2v) is 7.45. The molecule has 22 heavy (non-hydrogen) atoms. The molecule has 118 valence electrons. The number of hydrogen-bond acceptors (Lipinski definition) is 4. The third-order valence-corrected chi connectivity index (χ3v) is 4.56. The summed E-state index contributed by atoms with van der Waals surface area (Å²) >= 11 is 0. The lowest BCUT2D eigenvalue weighted by Crippen LogP contribution is -2.10. The predicted molar refractivity (Wildman–Crippen MR) is 85.9 cm³/mol. The van der Waals surface area contributed by atoms with Crippen molar-refractivity contribution in [3.63, 3.8) is 0 Å². The summed E-state index contributed by atoms with van der Waals surface area (Å²) in [7, 11) is -3.22. The molecule has 5 heteroatoms. The third kappa shape index (κ3) is 4.08. The predicted octanol–water partition coefficient (Wildman–Crippen LogP) is 2.82. The average molecular weight is 320 g/mol. The van der Waals surface area contributed by atoms with Gasteiger partial charge in [0.05, 0.1) is 4.90 Å². The molecule has 0 saturated carbocycles. The van der Waals surface area contributed by atoms with Crippen molar-refractivity contribution in [3.05, 3.63) is 59.2 Å². The van der Waals surface area contributed by atoms with Gasteiger partial charge in [-0.3, -0.25) is 0 Å². The van der Waals surface area contributed by atoms with E-state index in [1.165, 1.54) is 12.1 Å². The number of rotatable bonds is 5. The van der Waals surface area contributed by atoms with Gasteiger partial charge in [0.15, 0.2) is 9.84 Å². The van der Waals surface area contributed by atoms with Gasteiger partial charge in [-0.25, -0.2) is 8.42 Å². The molecule has 0 aliphatic heterocycles. The molecule has 0 aliphatic rings. The summed E-state index contributed by atoms with van der Waals surface area (Å²) < 4.78 is 28.5. The van der Waals surface area contributed by atoms with Gasteiger partial charge in [0.2, 0.25) is 0 Å². The Bertz CT molecular complexity index is 749. The highest BCUT2D eigenvalue weighted by molar-refractivity contribution is 7.90. The fourth-order valence-corrected chi connectivity index (χ4v) is 2.70. The molecule has 0 aromatic heterocycles. The zero-order chi connectivity index (χ0) is 16.3. The molecule has 0 bridgehead atoms. The molecule has 0 radical (unpaired) electrons. The minimum absolute atomic E-state index is 0.114. The van der Waals surface area contributed by atoms with Crippen LogP contribution in [0, 0.1) is 13.8 Å². The molecule has 0 saturated heterocycles. The van der Waals surface area contributed by atoms with Crippen molar-refractivity contribution >= 4 is 9.84 Å². The lowest BCUT2D eigenvalue weighted by atomic mass is 10.1. The molecule has 4 nitrogen and oxygen atoms in total. The summed E-state index contributed by atoms with van der Waals surface area (Å²) in [4.78, 5) is 0.235. The van der Waals surface area contributed by atoms with E-state index in [-0.39, 0.29) is 11.5 Å². The Hall–Kier alpha value is -1.85. The SMILES string of the molecule is Cc1ccc(C)c(OCC(O)c2ccc(S(C)(=O)=O)cc2)c1. The normalized spacial score (nSPS) is 12.9. The molecule has 0 fully saturated rings. The van der Waals surface area contributed by atoms with Crippen molar-refractivity contribution < 1.29 is 18.3 Å². The largest absolute Gasteiger partial charge is 0.490 e. The summed E-state index contributed by atoms with van der Waals surface area (Å²) in [6, 6.07) is 12.1. The maximum Gasteiger partial charge on any atom is 0.175 e. The molecule has 0 spiro atoms. The zero-order valence-corrected chi connectivity index (χ0v) is 13.7. The van der Waals surface area contributed by atoms with Gasteiger partial charge >= 0.3 is 0 Å². The zero-order valence-electron chi connectivity index (χ0n) is 12.9. The first-order valence-electron chi connectivity index (χ1n) is 6.95. The second-order valence-electron chi connectivity index (χ2n) is 5.44. The number of benzene rings is 2. The summed E-state index contributed by atoms with van der Waals surface area (Å²) in [5.74, 6) is 0.742. The Morgan fingerprint density at radius 1 is 1.09 bits per heavy atom. The Balaban J connectivity index is 2.06. The van der Waals surface area contributed by atoms with Crippen LogP contribution < -0.4 is 4.74 Å². The van der Waals surface area contributed by atoms with Gasteiger partial charge in [0.1, 0.15) is 18.5 Å². The Morgan fingerprint density at radius 2 is 1.73 bits per heavy atom. The van der Waals surface area contributed by atoms with Crippen LogP contribution >= 0.6 is 0 Å². The maximum absolute atomic E-state index is 11.4. The van der Waals surface area contributed by atoms with Crippen molar-refractivity contribution in [3.8, 4) is 5.75 Å². The van der Waals surface area contributed by atoms with E-state index in [4.69, 9.17) is 4.74 Å². The minimum atomic E-state index is -3.22. The molecule has 1 N–H and O–H groups in total. The van der Waals surface area contributed by atoms with Crippen LogP contribution in [0.3, 0.4) is 0 Å². The first-order chi connectivity index (χ1) is 10.3. The molecule has 0 amide bonds. The minimum Gasteiger partial charge on any atom is -0.490 e. The molecular formula is C17H20O4S. The quantitative estimate of drug-likeness (QED) is 0.920. The Labute approximate surface area is 131 Å². The molecule has 0 heterocycles. The topological polar surface area (TPSA) is 63.6 Å². The van der Waals surface area contributed by atoms with E-state index in [2.05, 4.69) is 0 Å². The number of ether oxygens (including phenoxy) is 1. The van der Waals surface area contributed by atoms with Gasteiger partial charge in [-0.2, -0.15) is 0 Å². The van der Waals surface area contributed by atoms with Gasteiger partial charge in [-0.05, 0) is 48.7 Å². The van der Waals surface area contributed by atoms with Gasteiger partial charge in [-0.15, -0.1) is 0 Å². The van der Waals surface area contributed by atoms with Crippen LogP contribution in [-0.4, -0.2) is 26.4 Å². The number of aliphatic hydroxyl groups excluding tert-OH is 1. The average Bonchev–Trinajstić information content (AvgIpc) is 2.47. The van der Waals surface area contributed by atoms with Crippen LogP contribution in [0.4, 0.5) is 0 Å². The lowest BCUT2D eigenvalue weighted by molar-refractivity contribution is 0.108. The fourth-order valence-electron chi connectivity index (χ4n) is 2.06. The van der Waals surface area contributed by atoms with Crippen LogP contribution in [0.25, 0.3) is 0 Å². The van der Waals surface area contributed by atoms with Crippen LogP contribution in [0.1, 0.15) is 22.8 Å². The summed E-state index contributed by atoms with van der Waals surface area (Å²) in [5, 5.41) is 10.2. The van der Waals surface area contributed by atoms with Crippen molar-refractivity contribution in [1.82, 2.24) is 0 Å². The highest BCUT2D eigenvalue weighted by Crippen LogP contribution is 2.22. The van der Waals surface area contributed by atoms with Crippen LogP contribution in [0.2, 0.25) is 0 Å². The standard InChI is InChI=1S/C17H20O4S/c1-12-4-5-13(2)17(10-12)21-11-16(18)14-6-8-15(9-7-14)22(3,19)20/h4-10,16,18H,11H2,1-3H3. The maximum atomic E-state index is 11.4. The molecule has 2 rings (SSSR count). The van der Waals surface area contributed by atoms with E-state index in [1.807, 2.05) is 32.0 Å². The first kappa shape index (κ1) is 16.5. The van der Waals surface area contributed by atoms with Crippen molar-refractivity contribution in [2.24, 2.45) is 0 Å².